The van der Waals surface area contributed by atoms with E-state index in [1.165, 1.54) is 4.88 Å². The Hall–Kier alpha value is -1.62. The number of hydrogen-bond donors (Lipinski definition) is 2. The van der Waals surface area contributed by atoms with Crippen molar-refractivity contribution < 1.29 is 0 Å². The molecular formula is C15H22N4S. The first-order valence-electron chi connectivity index (χ1n) is 6.78. The summed E-state index contributed by atoms with van der Waals surface area (Å²) in [4.78, 5) is 10.3. The Bertz CT molecular complexity index is 558. The van der Waals surface area contributed by atoms with E-state index in [0.29, 0.717) is 11.9 Å². The molecule has 4 nitrogen and oxygen atoms in total. The third-order valence-electron chi connectivity index (χ3n) is 2.90. The van der Waals surface area contributed by atoms with Gasteiger partial charge in [0.25, 0.3) is 0 Å². The van der Waals surface area contributed by atoms with E-state index < -0.39 is 0 Å². The highest BCUT2D eigenvalue weighted by Crippen LogP contribution is 2.22. The molecule has 2 aromatic rings. The predicted molar refractivity (Wildman–Crippen MR) is 86.3 cm³/mol. The quantitative estimate of drug-likeness (QED) is 0.905. The Morgan fingerprint density at radius 2 is 2.10 bits per heavy atom. The molecule has 2 rings (SSSR count). The number of nitrogens with one attached hydrogen (secondary N) is 1. The highest BCUT2D eigenvalue weighted by Gasteiger charge is 2.19. The van der Waals surface area contributed by atoms with Crippen LogP contribution in [0.4, 0.5) is 11.6 Å². The van der Waals surface area contributed by atoms with Gasteiger partial charge in [-0.2, -0.15) is 0 Å². The molecule has 0 bridgehead atoms. The average molecular weight is 290 g/mol. The highest BCUT2D eigenvalue weighted by molar-refractivity contribution is 7.09. The van der Waals surface area contributed by atoms with E-state index in [1.54, 1.807) is 17.4 Å². The number of thiophene rings is 1. The van der Waals surface area contributed by atoms with Gasteiger partial charge >= 0.3 is 0 Å². The van der Waals surface area contributed by atoms with E-state index in [9.17, 15) is 0 Å². The van der Waals surface area contributed by atoms with Crippen molar-refractivity contribution >= 4 is 23.0 Å². The lowest BCUT2D eigenvalue weighted by molar-refractivity contribution is 0.546. The van der Waals surface area contributed by atoms with Crippen LogP contribution < -0.4 is 11.1 Å². The van der Waals surface area contributed by atoms with E-state index in [1.807, 2.05) is 0 Å². The maximum Gasteiger partial charge on any atom is 0.138 e. The molecule has 0 spiro atoms. The van der Waals surface area contributed by atoms with Gasteiger partial charge in [-0.25, -0.2) is 9.97 Å². The van der Waals surface area contributed by atoms with Crippen LogP contribution in [0.3, 0.4) is 0 Å². The van der Waals surface area contributed by atoms with Crippen LogP contribution in [0.15, 0.2) is 23.6 Å². The van der Waals surface area contributed by atoms with E-state index in [4.69, 9.17) is 5.73 Å². The molecule has 0 fully saturated rings. The first-order valence-corrected chi connectivity index (χ1v) is 7.66. The first kappa shape index (κ1) is 14.8. The van der Waals surface area contributed by atoms with E-state index in [2.05, 4.69) is 60.5 Å². The summed E-state index contributed by atoms with van der Waals surface area (Å²) < 4.78 is 0. The average Bonchev–Trinajstić information content (AvgIpc) is 2.79. The zero-order valence-corrected chi connectivity index (χ0v) is 13.3. The molecule has 5 heteroatoms. The normalized spacial score (nSPS) is 13.2. The fraction of sp³-hybridized carbons (Fsp3) is 0.467. The zero-order chi connectivity index (χ0) is 14.8. The minimum atomic E-state index is -0.108. The van der Waals surface area contributed by atoms with Gasteiger partial charge in [-0.15, -0.1) is 11.3 Å². The van der Waals surface area contributed by atoms with Crippen molar-refractivity contribution in [1.82, 2.24) is 9.97 Å². The monoisotopic (exact) mass is 290 g/mol. The molecular weight excluding hydrogens is 268 g/mol. The van der Waals surface area contributed by atoms with Crippen molar-refractivity contribution in [3.05, 3.63) is 34.3 Å². The SMILES string of the molecule is CC(Cc1cccs1)Nc1cc(N)nc(C(C)(C)C)n1. The predicted octanol–water partition coefficient (Wildman–Crippen LogP) is 3.46. The largest absolute Gasteiger partial charge is 0.384 e. The molecule has 2 heterocycles. The summed E-state index contributed by atoms with van der Waals surface area (Å²) in [6, 6.07) is 6.32. The third kappa shape index (κ3) is 3.93. The van der Waals surface area contributed by atoms with Crippen molar-refractivity contribution in [2.24, 2.45) is 0 Å². The molecule has 0 radical (unpaired) electrons. The number of hydrogen-bond acceptors (Lipinski definition) is 5. The van der Waals surface area contributed by atoms with Crippen molar-refractivity contribution in [2.45, 2.75) is 45.6 Å². The second-order valence-electron chi connectivity index (χ2n) is 6.08. The maximum atomic E-state index is 5.88. The van der Waals surface area contributed by atoms with Gasteiger partial charge in [0.1, 0.15) is 17.5 Å². The molecule has 3 N–H and O–H groups in total. The molecule has 0 aliphatic heterocycles. The number of rotatable bonds is 4. The number of nitrogen functional groups attached to an aromatic ring is 1. The van der Waals surface area contributed by atoms with Gasteiger partial charge < -0.3 is 11.1 Å². The van der Waals surface area contributed by atoms with Gasteiger partial charge in [-0.3, -0.25) is 0 Å². The van der Waals surface area contributed by atoms with Gasteiger partial charge in [0.15, 0.2) is 0 Å². The Labute approximate surface area is 124 Å². The smallest absolute Gasteiger partial charge is 0.138 e. The van der Waals surface area contributed by atoms with Crippen molar-refractivity contribution in [3.63, 3.8) is 0 Å². The van der Waals surface area contributed by atoms with Crippen LogP contribution in [0.2, 0.25) is 0 Å². The van der Waals surface area contributed by atoms with Gasteiger partial charge in [-0.05, 0) is 18.4 Å². The molecule has 1 atom stereocenters. The molecule has 20 heavy (non-hydrogen) atoms. The van der Waals surface area contributed by atoms with Crippen molar-refractivity contribution in [2.75, 3.05) is 11.1 Å². The van der Waals surface area contributed by atoms with Crippen LogP contribution in [-0.4, -0.2) is 16.0 Å². The van der Waals surface area contributed by atoms with Crippen LogP contribution in [-0.2, 0) is 11.8 Å². The third-order valence-corrected chi connectivity index (χ3v) is 3.80. The lowest BCUT2D eigenvalue weighted by Crippen LogP contribution is -2.22. The Morgan fingerprint density at radius 3 is 2.70 bits per heavy atom. The fourth-order valence-electron chi connectivity index (χ4n) is 1.91. The molecule has 2 aromatic heterocycles. The molecule has 108 valence electrons. The Morgan fingerprint density at radius 1 is 1.35 bits per heavy atom. The van der Waals surface area contributed by atoms with Gasteiger partial charge in [-0.1, -0.05) is 26.8 Å². The van der Waals surface area contributed by atoms with E-state index in [-0.39, 0.29) is 5.41 Å². The second kappa shape index (κ2) is 5.79. The minimum Gasteiger partial charge on any atom is -0.384 e. The van der Waals surface area contributed by atoms with Crippen molar-refractivity contribution in [3.8, 4) is 0 Å². The molecule has 0 aliphatic carbocycles. The van der Waals surface area contributed by atoms with Gasteiger partial charge in [0.05, 0.1) is 0 Å². The number of nitrogens with two attached hydrogens (primary N) is 1. The lowest BCUT2D eigenvalue weighted by atomic mass is 9.96. The van der Waals surface area contributed by atoms with Crippen LogP contribution in [0.1, 0.15) is 38.4 Å². The Balaban J connectivity index is 2.11. The van der Waals surface area contributed by atoms with Gasteiger partial charge in [0, 0.05) is 28.8 Å². The van der Waals surface area contributed by atoms with E-state index >= 15 is 0 Å². The maximum absolute atomic E-state index is 5.88. The summed E-state index contributed by atoms with van der Waals surface area (Å²) >= 11 is 1.77. The molecule has 0 saturated heterocycles. The standard InChI is InChI=1S/C15H22N4S/c1-10(8-11-6-5-7-20-11)17-13-9-12(16)18-14(19-13)15(2,3)4/h5-7,9-10H,8H2,1-4H3,(H3,16,17,18,19). The topological polar surface area (TPSA) is 63.8 Å². The van der Waals surface area contributed by atoms with Gasteiger partial charge in [0.2, 0.25) is 0 Å². The summed E-state index contributed by atoms with van der Waals surface area (Å²) in [5.74, 6) is 2.07. The number of aromatic nitrogens is 2. The second-order valence-corrected chi connectivity index (χ2v) is 7.11. The molecule has 0 aliphatic rings. The lowest BCUT2D eigenvalue weighted by Gasteiger charge is -2.20. The summed E-state index contributed by atoms with van der Waals surface area (Å²) in [6.07, 6.45) is 0.979. The highest BCUT2D eigenvalue weighted by atomic mass is 32.1. The summed E-state index contributed by atoms with van der Waals surface area (Å²) in [6.45, 7) is 8.40. The van der Waals surface area contributed by atoms with Crippen LogP contribution in [0.5, 0.6) is 0 Å². The zero-order valence-electron chi connectivity index (χ0n) is 12.5. The Kier molecular flexibility index (Phi) is 4.28. The summed E-state index contributed by atoms with van der Waals surface area (Å²) in [5.41, 5.74) is 5.77. The number of nitrogens with zero attached hydrogens (tertiary/aromatic N) is 2. The summed E-state index contributed by atoms with van der Waals surface area (Å²) in [7, 11) is 0. The molecule has 0 saturated carbocycles. The summed E-state index contributed by atoms with van der Waals surface area (Å²) in [5, 5.41) is 5.51. The molecule has 0 aromatic carbocycles. The molecule has 0 amide bonds. The fourth-order valence-corrected chi connectivity index (χ4v) is 2.74. The number of anilines is 2. The minimum absolute atomic E-state index is 0.108. The first-order chi connectivity index (χ1) is 9.34. The van der Waals surface area contributed by atoms with Crippen molar-refractivity contribution in [1.29, 1.82) is 0 Å². The molecule has 1 unspecified atom stereocenters. The van der Waals surface area contributed by atoms with Crippen LogP contribution in [0, 0.1) is 0 Å². The van der Waals surface area contributed by atoms with E-state index in [0.717, 1.165) is 18.1 Å². The van der Waals surface area contributed by atoms with Crippen LogP contribution in [0.25, 0.3) is 0 Å². The van der Waals surface area contributed by atoms with Crippen LogP contribution >= 0.6 is 11.3 Å².